The number of aromatic amines is 1. The van der Waals surface area contributed by atoms with Crippen LogP contribution in [0.4, 0.5) is 11.5 Å². The van der Waals surface area contributed by atoms with Gasteiger partial charge in [-0.3, -0.25) is 14.7 Å². The molecule has 5 N–H and O–H groups in total. The van der Waals surface area contributed by atoms with Crippen LogP contribution in [-0.2, 0) is 6.54 Å². The smallest absolute Gasteiger partial charge is 0.273 e. The lowest BCUT2D eigenvalue weighted by Crippen LogP contribution is -2.13. The van der Waals surface area contributed by atoms with Crippen molar-refractivity contribution in [2.75, 3.05) is 10.6 Å². The largest absolute Gasteiger partial charge is 0.366 e. The van der Waals surface area contributed by atoms with E-state index in [0.29, 0.717) is 40.2 Å². The van der Waals surface area contributed by atoms with Gasteiger partial charge in [-0.05, 0) is 35.9 Å². The van der Waals surface area contributed by atoms with Crippen molar-refractivity contribution in [3.63, 3.8) is 0 Å². The van der Waals surface area contributed by atoms with Gasteiger partial charge in [0, 0.05) is 23.8 Å². The van der Waals surface area contributed by atoms with Crippen LogP contribution in [0.5, 0.6) is 0 Å². The molecule has 2 aromatic heterocycles. The van der Waals surface area contributed by atoms with Gasteiger partial charge >= 0.3 is 0 Å². The molecule has 4 aromatic rings. The van der Waals surface area contributed by atoms with Crippen molar-refractivity contribution in [1.82, 2.24) is 20.2 Å². The van der Waals surface area contributed by atoms with Gasteiger partial charge in [0.05, 0.1) is 11.1 Å². The molecule has 0 aliphatic carbocycles. The fourth-order valence-electron chi connectivity index (χ4n) is 2.95. The summed E-state index contributed by atoms with van der Waals surface area (Å²) in [6.45, 7) is 0.459. The molecular weight excluding hydrogens is 370 g/mol. The van der Waals surface area contributed by atoms with Crippen LogP contribution in [0.2, 0.25) is 0 Å². The quantitative estimate of drug-likeness (QED) is 0.400. The summed E-state index contributed by atoms with van der Waals surface area (Å²) in [5, 5.41) is 13.2. The van der Waals surface area contributed by atoms with Crippen molar-refractivity contribution >= 4 is 34.2 Å². The second-order valence-electron chi connectivity index (χ2n) is 6.27. The topological polar surface area (TPSA) is 139 Å². The first kappa shape index (κ1) is 18.1. The number of nitrogens with one attached hydrogen (secondary N) is 3. The Labute approximate surface area is 165 Å². The molecule has 9 nitrogen and oxygen atoms in total. The van der Waals surface area contributed by atoms with Crippen LogP contribution in [0.3, 0.4) is 0 Å². The zero-order chi connectivity index (χ0) is 20.2. The van der Waals surface area contributed by atoms with Gasteiger partial charge in [0.25, 0.3) is 11.8 Å². The van der Waals surface area contributed by atoms with Crippen molar-refractivity contribution < 1.29 is 9.59 Å². The molecule has 0 fully saturated rings. The molecule has 0 spiro atoms. The molecule has 0 radical (unpaired) electrons. The second kappa shape index (κ2) is 7.77. The molecule has 0 aliphatic heterocycles. The molecule has 0 unspecified atom stereocenters. The maximum Gasteiger partial charge on any atom is 0.273 e. The van der Waals surface area contributed by atoms with Gasteiger partial charge in [-0.1, -0.05) is 18.2 Å². The molecule has 0 saturated heterocycles. The molecule has 2 aromatic carbocycles. The third kappa shape index (κ3) is 3.88. The zero-order valence-electron chi connectivity index (χ0n) is 15.2. The van der Waals surface area contributed by atoms with Crippen LogP contribution in [0, 0.1) is 0 Å². The summed E-state index contributed by atoms with van der Waals surface area (Å²) in [5.74, 6) is -0.223. The first-order valence-electron chi connectivity index (χ1n) is 8.79. The fraction of sp³-hybridized carbons (Fsp3) is 0.0500. The summed E-state index contributed by atoms with van der Waals surface area (Å²) < 4.78 is 0. The second-order valence-corrected chi connectivity index (χ2v) is 6.27. The highest BCUT2D eigenvalue weighted by Gasteiger charge is 2.11. The average Bonchev–Trinajstić information content (AvgIpc) is 3.27. The minimum atomic E-state index is -0.541. The van der Waals surface area contributed by atoms with E-state index in [9.17, 15) is 9.59 Å². The van der Waals surface area contributed by atoms with E-state index >= 15 is 0 Å². The third-order valence-electron chi connectivity index (χ3n) is 4.32. The number of anilines is 2. The van der Waals surface area contributed by atoms with Crippen LogP contribution in [-0.4, -0.2) is 32.0 Å². The van der Waals surface area contributed by atoms with Crippen molar-refractivity contribution in [3.8, 4) is 0 Å². The van der Waals surface area contributed by atoms with E-state index in [1.54, 1.807) is 24.3 Å². The van der Waals surface area contributed by atoms with Gasteiger partial charge in [0.15, 0.2) is 0 Å². The lowest BCUT2D eigenvalue weighted by Gasteiger charge is -2.11. The summed E-state index contributed by atoms with van der Waals surface area (Å²) in [6.07, 6.45) is 2.91. The molecule has 0 saturated carbocycles. The van der Waals surface area contributed by atoms with Gasteiger partial charge in [-0.25, -0.2) is 9.97 Å². The molecule has 2 amide bonds. The Hall–Kier alpha value is -4.27. The minimum absolute atomic E-state index is 0.270. The van der Waals surface area contributed by atoms with E-state index in [1.807, 2.05) is 24.3 Å². The van der Waals surface area contributed by atoms with Crippen molar-refractivity contribution in [2.24, 2.45) is 5.73 Å². The molecule has 0 atom stereocenters. The number of amides is 2. The van der Waals surface area contributed by atoms with Crippen LogP contribution < -0.4 is 16.4 Å². The number of aromatic nitrogens is 4. The molecule has 4 rings (SSSR count). The number of benzene rings is 2. The SMILES string of the molecule is NC(=O)c1cccc2c(NCc3cccc(NC(=O)c4ccn[nH]4)c3)ncnc12. The van der Waals surface area contributed by atoms with E-state index in [-0.39, 0.29) is 5.91 Å². The van der Waals surface area contributed by atoms with Gasteiger partial charge < -0.3 is 16.4 Å². The fourth-order valence-corrected chi connectivity index (χ4v) is 2.95. The number of carbonyl (C=O) groups is 2. The number of hydrogen-bond donors (Lipinski definition) is 4. The zero-order valence-corrected chi connectivity index (χ0v) is 15.2. The molecule has 144 valence electrons. The Morgan fingerprint density at radius 3 is 2.72 bits per heavy atom. The summed E-state index contributed by atoms with van der Waals surface area (Å²) >= 11 is 0. The Morgan fingerprint density at radius 1 is 1.07 bits per heavy atom. The Morgan fingerprint density at radius 2 is 1.93 bits per heavy atom. The molecular formula is C20H17N7O2. The summed E-state index contributed by atoms with van der Waals surface area (Å²) in [4.78, 5) is 32.2. The Kier molecular flexibility index (Phi) is 4.85. The van der Waals surface area contributed by atoms with Gasteiger partial charge in [-0.2, -0.15) is 5.10 Å². The Balaban J connectivity index is 1.52. The number of nitrogens with zero attached hydrogens (tertiary/aromatic N) is 3. The van der Waals surface area contributed by atoms with Gasteiger partial charge in [-0.15, -0.1) is 0 Å². The number of carbonyl (C=O) groups excluding carboxylic acids is 2. The molecule has 9 heteroatoms. The standard InChI is InChI=1S/C20H17N7O2/c21-18(28)14-5-2-6-15-17(14)23-11-24-19(15)22-10-12-3-1-4-13(9-12)26-20(29)16-7-8-25-27-16/h1-9,11H,10H2,(H2,21,28)(H,25,27)(H,26,29)(H,22,23,24). The Bertz CT molecular complexity index is 1190. The number of fused-ring (bicyclic) bond motifs is 1. The monoisotopic (exact) mass is 387 g/mol. The lowest BCUT2D eigenvalue weighted by atomic mass is 10.1. The highest BCUT2D eigenvalue weighted by molar-refractivity contribution is 6.07. The van der Waals surface area contributed by atoms with Gasteiger partial charge in [0.2, 0.25) is 0 Å². The first-order chi connectivity index (χ1) is 14.1. The van der Waals surface area contributed by atoms with E-state index in [4.69, 9.17) is 5.73 Å². The minimum Gasteiger partial charge on any atom is -0.366 e. The number of nitrogens with two attached hydrogens (primary N) is 1. The van der Waals surface area contributed by atoms with Crippen molar-refractivity contribution in [1.29, 1.82) is 0 Å². The highest BCUT2D eigenvalue weighted by atomic mass is 16.2. The number of para-hydroxylation sites is 1. The molecule has 2 heterocycles. The number of rotatable bonds is 6. The normalized spacial score (nSPS) is 10.6. The third-order valence-corrected chi connectivity index (χ3v) is 4.32. The van der Waals surface area contributed by atoms with Crippen molar-refractivity contribution in [2.45, 2.75) is 6.54 Å². The van der Waals surface area contributed by atoms with Crippen molar-refractivity contribution in [3.05, 3.63) is 77.9 Å². The number of primary amides is 1. The predicted octanol–water partition coefficient (Wildman–Crippen LogP) is 2.32. The van der Waals surface area contributed by atoms with E-state index < -0.39 is 5.91 Å². The molecule has 0 aliphatic rings. The van der Waals surface area contributed by atoms with E-state index in [0.717, 1.165) is 5.56 Å². The summed E-state index contributed by atoms with van der Waals surface area (Å²) in [6, 6.07) is 14.2. The van der Waals surface area contributed by atoms with Crippen LogP contribution >= 0.6 is 0 Å². The predicted molar refractivity (Wildman–Crippen MR) is 108 cm³/mol. The van der Waals surface area contributed by atoms with Crippen LogP contribution in [0.1, 0.15) is 26.4 Å². The first-order valence-corrected chi connectivity index (χ1v) is 8.79. The van der Waals surface area contributed by atoms with E-state index in [1.165, 1.54) is 12.5 Å². The summed E-state index contributed by atoms with van der Waals surface area (Å²) in [7, 11) is 0. The summed E-state index contributed by atoms with van der Waals surface area (Å²) in [5.41, 5.74) is 8.24. The number of H-pyrrole nitrogens is 1. The molecule has 0 bridgehead atoms. The van der Waals surface area contributed by atoms with Gasteiger partial charge in [0.1, 0.15) is 17.8 Å². The van der Waals surface area contributed by atoms with Crippen LogP contribution in [0.25, 0.3) is 10.9 Å². The average molecular weight is 387 g/mol. The maximum atomic E-state index is 12.1. The molecule has 29 heavy (non-hydrogen) atoms. The highest BCUT2D eigenvalue weighted by Crippen LogP contribution is 2.23. The lowest BCUT2D eigenvalue weighted by molar-refractivity contribution is 0.0998. The maximum absolute atomic E-state index is 12.1. The van der Waals surface area contributed by atoms with E-state index in [2.05, 4.69) is 30.8 Å². The number of hydrogen-bond acceptors (Lipinski definition) is 6. The van der Waals surface area contributed by atoms with Crippen LogP contribution in [0.15, 0.2) is 61.1 Å².